The lowest BCUT2D eigenvalue weighted by Gasteiger charge is -2.32. The Hall–Kier alpha value is -0.0800. The van der Waals surface area contributed by atoms with E-state index in [2.05, 4.69) is 20.8 Å². The number of ether oxygens (including phenoxy) is 2. The van der Waals surface area contributed by atoms with Gasteiger partial charge in [0.15, 0.2) is 0 Å². The SMILES string of the molecule is CCOCC1CCCCC1OC(C)C. The molecule has 0 aliphatic heterocycles. The fourth-order valence-electron chi connectivity index (χ4n) is 2.16. The Kier molecular flexibility index (Phi) is 5.49. The van der Waals surface area contributed by atoms with E-state index in [4.69, 9.17) is 9.47 Å². The van der Waals surface area contributed by atoms with E-state index >= 15 is 0 Å². The maximum absolute atomic E-state index is 5.92. The molecule has 2 unspecified atom stereocenters. The zero-order valence-corrected chi connectivity index (χ0v) is 9.79. The molecule has 2 atom stereocenters. The fraction of sp³-hybridized carbons (Fsp3) is 1.00. The van der Waals surface area contributed by atoms with Gasteiger partial charge in [-0.05, 0) is 33.6 Å². The summed E-state index contributed by atoms with van der Waals surface area (Å²) in [5, 5.41) is 0. The van der Waals surface area contributed by atoms with Crippen molar-refractivity contribution in [2.45, 2.75) is 58.7 Å². The van der Waals surface area contributed by atoms with Gasteiger partial charge in [-0.1, -0.05) is 12.8 Å². The van der Waals surface area contributed by atoms with E-state index in [1.165, 1.54) is 25.7 Å². The van der Waals surface area contributed by atoms with Gasteiger partial charge in [0.2, 0.25) is 0 Å². The van der Waals surface area contributed by atoms with E-state index in [-0.39, 0.29) is 0 Å². The van der Waals surface area contributed by atoms with Crippen molar-refractivity contribution in [3.8, 4) is 0 Å². The maximum atomic E-state index is 5.92. The molecule has 0 radical (unpaired) electrons. The van der Waals surface area contributed by atoms with Crippen molar-refractivity contribution in [2.24, 2.45) is 5.92 Å². The minimum absolute atomic E-state index is 0.349. The maximum Gasteiger partial charge on any atom is 0.0628 e. The third-order valence-electron chi connectivity index (χ3n) is 2.82. The van der Waals surface area contributed by atoms with Gasteiger partial charge in [0, 0.05) is 12.5 Å². The van der Waals surface area contributed by atoms with Crippen LogP contribution in [0.25, 0.3) is 0 Å². The monoisotopic (exact) mass is 200 g/mol. The van der Waals surface area contributed by atoms with Gasteiger partial charge in [-0.2, -0.15) is 0 Å². The first-order valence-corrected chi connectivity index (χ1v) is 5.97. The van der Waals surface area contributed by atoms with E-state index in [1.54, 1.807) is 0 Å². The molecule has 1 aliphatic rings. The largest absolute Gasteiger partial charge is 0.381 e. The van der Waals surface area contributed by atoms with Gasteiger partial charge in [0.25, 0.3) is 0 Å². The Labute approximate surface area is 88.0 Å². The predicted octanol–water partition coefficient (Wildman–Crippen LogP) is 3.01. The number of rotatable bonds is 5. The lowest BCUT2D eigenvalue weighted by molar-refractivity contribution is -0.0670. The molecule has 0 aromatic heterocycles. The molecule has 14 heavy (non-hydrogen) atoms. The van der Waals surface area contributed by atoms with Gasteiger partial charge in [-0.15, -0.1) is 0 Å². The van der Waals surface area contributed by atoms with Crippen molar-refractivity contribution in [2.75, 3.05) is 13.2 Å². The summed E-state index contributed by atoms with van der Waals surface area (Å²) in [5.74, 6) is 0.631. The van der Waals surface area contributed by atoms with Crippen LogP contribution in [0.1, 0.15) is 46.5 Å². The topological polar surface area (TPSA) is 18.5 Å². The molecular weight excluding hydrogens is 176 g/mol. The summed E-state index contributed by atoms with van der Waals surface area (Å²) in [7, 11) is 0. The molecule has 0 saturated heterocycles. The molecule has 1 rings (SSSR count). The van der Waals surface area contributed by atoms with E-state index in [0.717, 1.165) is 13.2 Å². The van der Waals surface area contributed by atoms with Crippen LogP contribution in [-0.4, -0.2) is 25.4 Å². The third kappa shape index (κ3) is 3.97. The van der Waals surface area contributed by atoms with E-state index in [0.29, 0.717) is 18.1 Å². The first kappa shape index (κ1) is 12.0. The second-order valence-electron chi connectivity index (χ2n) is 4.43. The summed E-state index contributed by atoms with van der Waals surface area (Å²) in [4.78, 5) is 0. The van der Waals surface area contributed by atoms with Gasteiger partial charge in [-0.3, -0.25) is 0 Å². The molecule has 0 bridgehead atoms. The van der Waals surface area contributed by atoms with Gasteiger partial charge in [0.05, 0.1) is 18.8 Å². The Morgan fingerprint density at radius 1 is 1.21 bits per heavy atom. The van der Waals surface area contributed by atoms with Gasteiger partial charge >= 0.3 is 0 Å². The quantitative estimate of drug-likeness (QED) is 0.679. The molecule has 1 aliphatic carbocycles. The average Bonchev–Trinajstić information content (AvgIpc) is 2.16. The summed E-state index contributed by atoms with van der Waals surface area (Å²) in [5.41, 5.74) is 0. The summed E-state index contributed by atoms with van der Waals surface area (Å²) in [6, 6.07) is 0. The smallest absolute Gasteiger partial charge is 0.0628 e. The highest BCUT2D eigenvalue weighted by Crippen LogP contribution is 2.27. The number of hydrogen-bond donors (Lipinski definition) is 0. The predicted molar refractivity (Wildman–Crippen MR) is 58.5 cm³/mol. The second-order valence-corrected chi connectivity index (χ2v) is 4.43. The van der Waals surface area contributed by atoms with Crippen LogP contribution >= 0.6 is 0 Å². The lowest BCUT2D eigenvalue weighted by atomic mass is 9.87. The zero-order chi connectivity index (χ0) is 10.4. The normalized spacial score (nSPS) is 28.3. The van der Waals surface area contributed by atoms with Crippen LogP contribution in [0.15, 0.2) is 0 Å². The van der Waals surface area contributed by atoms with Crippen LogP contribution in [0, 0.1) is 5.92 Å². The molecule has 0 aromatic carbocycles. The molecule has 0 heterocycles. The lowest BCUT2D eigenvalue weighted by Crippen LogP contribution is -2.33. The van der Waals surface area contributed by atoms with Crippen molar-refractivity contribution < 1.29 is 9.47 Å². The first-order valence-electron chi connectivity index (χ1n) is 5.97. The highest BCUT2D eigenvalue weighted by Gasteiger charge is 2.26. The van der Waals surface area contributed by atoms with Crippen molar-refractivity contribution in [3.05, 3.63) is 0 Å². The van der Waals surface area contributed by atoms with Crippen molar-refractivity contribution in [3.63, 3.8) is 0 Å². The highest BCUT2D eigenvalue weighted by atomic mass is 16.5. The summed E-state index contributed by atoms with van der Waals surface area (Å²) in [6.45, 7) is 8.00. The van der Waals surface area contributed by atoms with Crippen molar-refractivity contribution >= 4 is 0 Å². The third-order valence-corrected chi connectivity index (χ3v) is 2.82. The van der Waals surface area contributed by atoms with Crippen molar-refractivity contribution in [1.29, 1.82) is 0 Å². The molecule has 1 fully saturated rings. The summed E-state index contributed by atoms with van der Waals surface area (Å²) < 4.78 is 11.4. The standard InChI is InChI=1S/C12H24O2/c1-4-13-9-11-7-5-6-8-12(11)14-10(2)3/h10-12H,4-9H2,1-3H3. The van der Waals surface area contributed by atoms with Crippen LogP contribution in [-0.2, 0) is 9.47 Å². The number of hydrogen-bond acceptors (Lipinski definition) is 2. The van der Waals surface area contributed by atoms with Gasteiger partial charge in [0.1, 0.15) is 0 Å². The van der Waals surface area contributed by atoms with Crippen LogP contribution < -0.4 is 0 Å². The highest BCUT2D eigenvalue weighted by molar-refractivity contribution is 4.76. The second kappa shape index (κ2) is 6.41. The molecule has 0 aromatic rings. The van der Waals surface area contributed by atoms with Crippen LogP contribution in [0.2, 0.25) is 0 Å². The Balaban J connectivity index is 2.33. The minimum atomic E-state index is 0.349. The van der Waals surface area contributed by atoms with Crippen molar-refractivity contribution in [1.82, 2.24) is 0 Å². The Bertz CT molecular complexity index is 145. The molecule has 2 nitrogen and oxygen atoms in total. The van der Waals surface area contributed by atoms with Crippen LogP contribution in [0.4, 0.5) is 0 Å². The molecule has 84 valence electrons. The van der Waals surface area contributed by atoms with E-state index < -0.39 is 0 Å². The average molecular weight is 200 g/mol. The molecule has 0 N–H and O–H groups in total. The Morgan fingerprint density at radius 3 is 2.57 bits per heavy atom. The van der Waals surface area contributed by atoms with E-state index in [1.807, 2.05) is 0 Å². The molecule has 1 saturated carbocycles. The van der Waals surface area contributed by atoms with Crippen LogP contribution in [0.5, 0.6) is 0 Å². The minimum Gasteiger partial charge on any atom is -0.381 e. The van der Waals surface area contributed by atoms with E-state index in [9.17, 15) is 0 Å². The molecule has 0 amide bonds. The summed E-state index contributed by atoms with van der Waals surface area (Å²) >= 11 is 0. The molecule has 2 heteroatoms. The molecular formula is C12H24O2. The summed E-state index contributed by atoms with van der Waals surface area (Å²) in [6.07, 6.45) is 5.95. The Morgan fingerprint density at radius 2 is 1.93 bits per heavy atom. The van der Waals surface area contributed by atoms with Crippen LogP contribution in [0.3, 0.4) is 0 Å². The molecule has 0 spiro atoms. The zero-order valence-electron chi connectivity index (χ0n) is 9.79. The van der Waals surface area contributed by atoms with Gasteiger partial charge in [-0.25, -0.2) is 0 Å². The first-order chi connectivity index (χ1) is 6.74. The fourth-order valence-corrected chi connectivity index (χ4v) is 2.16. The van der Waals surface area contributed by atoms with Gasteiger partial charge < -0.3 is 9.47 Å².